The average Bonchev–Trinajstić information content (AvgIpc) is 3.79. The summed E-state index contributed by atoms with van der Waals surface area (Å²) in [7, 11) is 1.84. The third kappa shape index (κ3) is 5.06. The molecule has 0 aliphatic carbocycles. The number of alkyl halides is 1. The Balaban J connectivity index is 1.34. The molecule has 0 amide bonds. The summed E-state index contributed by atoms with van der Waals surface area (Å²) in [5, 5.41) is 21.1. The number of nitriles is 1. The van der Waals surface area contributed by atoms with E-state index in [4.69, 9.17) is 20.2 Å². The molecule has 6 heterocycles. The van der Waals surface area contributed by atoms with Crippen LogP contribution in [0, 0.1) is 23.0 Å². The molecule has 2 aromatic heterocycles. The van der Waals surface area contributed by atoms with E-state index < -0.39 is 23.9 Å². The van der Waals surface area contributed by atoms with E-state index in [1.807, 2.05) is 11.9 Å². The van der Waals surface area contributed by atoms with Crippen molar-refractivity contribution in [1.29, 1.82) is 5.26 Å². The molecule has 0 radical (unpaired) electrons. The fraction of sp³-hybridized carbons (Fsp3) is 0.500. The number of ether oxygens (including phenoxy) is 2. The van der Waals surface area contributed by atoms with Gasteiger partial charge in [-0.2, -0.15) is 15.2 Å². The smallest absolute Gasteiger partial charge is 0.319 e. The molecule has 3 unspecified atom stereocenters. The number of piperazine rings is 1. The molecule has 14 heteroatoms. The Bertz CT molecular complexity index is 1970. The van der Waals surface area contributed by atoms with Crippen LogP contribution in [0.3, 0.4) is 0 Å². The topological polar surface area (TPSA) is 124 Å². The third-order valence-corrected chi connectivity index (χ3v) is 11.3. The second-order valence-electron chi connectivity index (χ2n) is 13.5. The van der Waals surface area contributed by atoms with Gasteiger partial charge in [-0.3, -0.25) is 9.80 Å². The number of β-amino-alcohol motifs (C(OH)–C–C–N with tert-alkyl or cyclic N) is 1. The molecule has 3 N–H and O–H groups in total. The molecule has 4 aromatic rings. The second-order valence-corrected chi connectivity index (χ2v) is 14.6. The van der Waals surface area contributed by atoms with Crippen molar-refractivity contribution in [2.24, 2.45) is 0 Å². The van der Waals surface area contributed by atoms with Gasteiger partial charge in [0.05, 0.1) is 30.3 Å². The number of aliphatic hydroxyl groups excluding tert-OH is 1. The Kier molecular flexibility index (Phi) is 7.88. The molecule has 0 spiro atoms. The highest BCUT2D eigenvalue weighted by Crippen LogP contribution is 2.49. The molecule has 0 saturated carbocycles. The third-order valence-electron chi connectivity index (χ3n) is 10.3. The van der Waals surface area contributed by atoms with Gasteiger partial charge in [0.15, 0.2) is 5.82 Å². The number of fused-ring (bicyclic) bond motifs is 6. The van der Waals surface area contributed by atoms with E-state index in [2.05, 4.69) is 20.9 Å². The predicted molar refractivity (Wildman–Crippen MR) is 177 cm³/mol. The number of likely N-dealkylation sites (N-methyl/N-ethyl adjacent to an activating group) is 1. The van der Waals surface area contributed by atoms with Gasteiger partial charge < -0.3 is 25.2 Å². The van der Waals surface area contributed by atoms with Crippen LogP contribution >= 0.6 is 11.3 Å². The van der Waals surface area contributed by atoms with E-state index in [0.717, 1.165) is 24.2 Å². The van der Waals surface area contributed by atoms with Crippen LogP contribution < -0.4 is 15.4 Å². The summed E-state index contributed by atoms with van der Waals surface area (Å²) in [6.45, 7) is 4.35. The Hall–Kier alpha value is -3.74. The average molecular weight is 680 g/mol. The van der Waals surface area contributed by atoms with Crippen molar-refractivity contribution in [2.45, 2.75) is 69.8 Å². The standard InChI is InChI=1S/C34H36F3N7O3S/c1-16(45)9-43-11-18-3-4-19(12-43)44(18)33-28-23-15-46-14-22(23)27(29-24(36)5-6-25-26(29)21(8-38)32(39)48-25)30(37)31(28)40-34(41-33)47-13-20-7-17(35)10-42(20)2/h5-6,16-20,45H,3-4,7,9-15,39H2,1-2H3/t16?,17-,18?,19?,20-/m0/s1. The lowest BCUT2D eigenvalue weighted by molar-refractivity contribution is 0.111. The predicted octanol–water partition coefficient (Wildman–Crippen LogP) is 4.73. The van der Waals surface area contributed by atoms with Crippen LogP contribution in [0.4, 0.5) is 24.0 Å². The van der Waals surface area contributed by atoms with E-state index in [1.165, 1.54) is 6.07 Å². The normalized spacial score (nSPS) is 24.9. The number of likely N-dealkylation sites (tertiary alicyclic amines) is 2. The summed E-state index contributed by atoms with van der Waals surface area (Å²) in [6, 6.07) is 4.77. The summed E-state index contributed by atoms with van der Waals surface area (Å²) >= 11 is 1.15. The number of benzene rings is 2. The van der Waals surface area contributed by atoms with Crippen LogP contribution in [0.5, 0.6) is 6.01 Å². The van der Waals surface area contributed by atoms with Gasteiger partial charge in [-0.1, -0.05) is 0 Å². The lowest BCUT2D eigenvalue weighted by Crippen LogP contribution is -2.55. The quantitative estimate of drug-likeness (QED) is 0.284. The number of anilines is 2. The van der Waals surface area contributed by atoms with Crippen molar-refractivity contribution >= 4 is 43.1 Å². The number of thiophene rings is 1. The van der Waals surface area contributed by atoms with Crippen molar-refractivity contribution in [2.75, 3.05) is 50.5 Å². The fourth-order valence-corrected chi connectivity index (χ4v) is 9.21. The lowest BCUT2D eigenvalue weighted by Gasteiger charge is -2.42. The maximum atomic E-state index is 17.4. The SMILES string of the molecule is CC(O)CN1CC2CCC(C1)N2c1nc(OC[C@@H]2C[C@H](F)CN2C)nc2c(F)c(-c3c(F)ccc4sc(N)c(C#N)c34)c3c(c12)COC3. The number of aliphatic hydroxyl groups is 1. The first kappa shape index (κ1) is 31.5. The zero-order valence-electron chi connectivity index (χ0n) is 26.7. The molecule has 5 atom stereocenters. The first-order valence-corrected chi connectivity index (χ1v) is 17.1. The highest BCUT2D eigenvalue weighted by molar-refractivity contribution is 7.23. The molecular weight excluding hydrogens is 643 g/mol. The van der Waals surface area contributed by atoms with Gasteiger partial charge in [-0.05, 0) is 56.5 Å². The number of hydrogen-bond donors (Lipinski definition) is 2. The minimum Gasteiger partial charge on any atom is -0.462 e. The van der Waals surface area contributed by atoms with Crippen molar-refractivity contribution < 1.29 is 27.8 Å². The van der Waals surface area contributed by atoms with E-state index in [1.54, 1.807) is 13.0 Å². The van der Waals surface area contributed by atoms with Gasteiger partial charge in [0.2, 0.25) is 0 Å². The van der Waals surface area contributed by atoms with Crippen LogP contribution in [0.1, 0.15) is 42.9 Å². The number of nitrogens with zero attached hydrogens (tertiary/aromatic N) is 6. The maximum absolute atomic E-state index is 17.4. The Morgan fingerprint density at radius 3 is 2.56 bits per heavy atom. The second kappa shape index (κ2) is 12.0. The lowest BCUT2D eigenvalue weighted by atomic mass is 9.90. The van der Waals surface area contributed by atoms with Gasteiger partial charge in [0.1, 0.15) is 41.0 Å². The summed E-state index contributed by atoms with van der Waals surface area (Å²) in [6.07, 6.45) is 0.679. The number of nitrogens with two attached hydrogens (primary N) is 1. The maximum Gasteiger partial charge on any atom is 0.319 e. The minimum atomic E-state index is -0.963. The molecule has 4 aliphatic rings. The fourth-order valence-electron chi connectivity index (χ4n) is 8.28. The largest absolute Gasteiger partial charge is 0.462 e. The summed E-state index contributed by atoms with van der Waals surface area (Å²) in [5.41, 5.74) is 7.34. The zero-order chi connectivity index (χ0) is 33.4. The molecule has 3 fully saturated rings. The molecule has 3 saturated heterocycles. The van der Waals surface area contributed by atoms with E-state index in [9.17, 15) is 14.8 Å². The highest BCUT2D eigenvalue weighted by atomic mass is 32.1. The number of hydrogen-bond acceptors (Lipinski definition) is 11. The van der Waals surface area contributed by atoms with Gasteiger partial charge in [0.25, 0.3) is 0 Å². The monoisotopic (exact) mass is 679 g/mol. The number of aromatic nitrogens is 2. The molecular formula is C34H36F3N7O3S. The van der Waals surface area contributed by atoms with Crippen molar-refractivity contribution in [1.82, 2.24) is 19.8 Å². The van der Waals surface area contributed by atoms with E-state index in [-0.39, 0.29) is 76.6 Å². The minimum absolute atomic E-state index is 0.0106. The Labute approximate surface area is 279 Å². The summed E-state index contributed by atoms with van der Waals surface area (Å²) in [4.78, 5) is 15.9. The number of rotatable bonds is 7. The van der Waals surface area contributed by atoms with Crippen molar-refractivity contribution in [3.8, 4) is 23.2 Å². The van der Waals surface area contributed by atoms with Crippen LogP contribution in [0.2, 0.25) is 0 Å². The van der Waals surface area contributed by atoms with Crippen LogP contribution in [-0.4, -0.2) is 95.1 Å². The van der Waals surface area contributed by atoms with Crippen molar-refractivity contribution in [3.63, 3.8) is 0 Å². The first-order valence-electron chi connectivity index (χ1n) is 16.3. The van der Waals surface area contributed by atoms with Gasteiger partial charge in [0, 0.05) is 65.5 Å². The molecule has 4 aliphatic heterocycles. The molecule has 252 valence electrons. The zero-order valence-corrected chi connectivity index (χ0v) is 27.5. The van der Waals surface area contributed by atoms with E-state index >= 15 is 8.78 Å². The molecule has 8 rings (SSSR count). The van der Waals surface area contributed by atoms with Crippen LogP contribution in [0.15, 0.2) is 12.1 Å². The van der Waals surface area contributed by atoms with Gasteiger partial charge in [-0.15, -0.1) is 11.3 Å². The Morgan fingerprint density at radius 2 is 1.88 bits per heavy atom. The van der Waals surface area contributed by atoms with Gasteiger partial charge in [-0.25, -0.2) is 13.2 Å². The highest BCUT2D eigenvalue weighted by Gasteiger charge is 2.43. The van der Waals surface area contributed by atoms with Crippen LogP contribution in [0.25, 0.3) is 32.1 Å². The first-order chi connectivity index (χ1) is 23.1. The molecule has 48 heavy (non-hydrogen) atoms. The van der Waals surface area contributed by atoms with Gasteiger partial charge >= 0.3 is 6.01 Å². The molecule has 2 bridgehead atoms. The molecule has 2 aromatic carbocycles. The van der Waals surface area contributed by atoms with E-state index in [0.29, 0.717) is 59.6 Å². The number of nitrogen functional groups attached to an aromatic ring is 1. The van der Waals surface area contributed by atoms with Crippen LogP contribution in [-0.2, 0) is 18.0 Å². The summed E-state index contributed by atoms with van der Waals surface area (Å²) in [5.74, 6) is -0.914. The van der Waals surface area contributed by atoms with Crippen molar-refractivity contribution in [3.05, 3.63) is 40.5 Å². The number of halogens is 3. The summed E-state index contributed by atoms with van der Waals surface area (Å²) < 4.78 is 60.1. The Morgan fingerprint density at radius 1 is 1.12 bits per heavy atom. The molecule has 10 nitrogen and oxygen atoms in total.